The van der Waals surface area contributed by atoms with E-state index in [0.29, 0.717) is 12.8 Å². The van der Waals surface area contributed by atoms with Crippen molar-refractivity contribution < 1.29 is 19.8 Å². The maximum Gasteiger partial charge on any atom is 0.303 e. The second-order valence-corrected chi connectivity index (χ2v) is 9.19. The Hall–Kier alpha value is -1.88. The van der Waals surface area contributed by atoms with Crippen LogP contribution < -0.4 is 0 Å². The predicted molar refractivity (Wildman–Crippen MR) is 124 cm³/mol. The van der Waals surface area contributed by atoms with Gasteiger partial charge in [0.2, 0.25) is 5.91 Å². The van der Waals surface area contributed by atoms with Gasteiger partial charge in [-0.15, -0.1) is 0 Å². The largest absolute Gasteiger partial charge is 0.481 e. The van der Waals surface area contributed by atoms with Gasteiger partial charge in [-0.25, -0.2) is 0 Å². The van der Waals surface area contributed by atoms with Crippen molar-refractivity contribution in [2.75, 3.05) is 6.54 Å². The van der Waals surface area contributed by atoms with E-state index in [1.54, 1.807) is 0 Å². The Morgan fingerprint density at radius 1 is 1.06 bits per heavy atom. The normalized spacial score (nSPS) is 18.3. The van der Waals surface area contributed by atoms with Crippen molar-refractivity contribution in [2.45, 2.75) is 103 Å². The average Bonchev–Trinajstić information content (AvgIpc) is 3.11. The Labute approximate surface area is 187 Å². The second kappa shape index (κ2) is 14.2. The van der Waals surface area contributed by atoms with Crippen LogP contribution in [0.25, 0.3) is 0 Å². The number of unbranched alkanes of at least 4 members (excludes halogenated alkanes) is 4. The predicted octanol–water partition coefficient (Wildman–Crippen LogP) is 5.20. The number of aliphatic hydroxyl groups excluding tert-OH is 1. The Kier molecular flexibility index (Phi) is 11.7. The number of aliphatic hydroxyl groups is 1. The van der Waals surface area contributed by atoms with Crippen molar-refractivity contribution in [1.82, 2.24) is 4.90 Å². The number of carbonyl (C=O) groups excluding carboxylic acids is 1. The highest BCUT2D eigenvalue weighted by atomic mass is 16.4. The standard InChI is InChI=1S/C26H41NO4/c1-21(11-8-9-14-22-12-5-4-6-13-22)24(28)18-16-23-17-19-25(29)27(23)20-10-3-2-7-15-26(30)31/h4-6,12-13,21,23-24,28H,2-3,7-11,14-20H2,1H3,(H,30,31)/t21-,23-,24+/m0/s1. The number of nitrogens with zero attached hydrogens (tertiary/aromatic N) is 1. The van der Waals surface area contributed by atoms with Gasteiger partial charge in [0.25, 0.3) is 0 Å². The third-order valence-corrected chi connectivity index (χ3v) is 6.66. The molecule has 174 valence electrons. The van der Waals surface area contributed by atoms with Gasteiger partial charge >= 0.3 is 5.97 Å². The minimum absolute atomic E-state index is 0.230. The number of carboxylic acids is 1. The van der Waals surface area contributed by atoms with E-state index in [4.69, 9.17) is 5.11 Å². The van der Waals surface area contributed by atoms with Crippen LogP contribution in [0.3, 0.4) is 0 Å². The fourth-order valence-electron chi connectivity index (χ4n) is 4.59. The fraction of sp³-hybridized carbons (Fsp3) is 0.692. The van der Waals surface area contributed by atoms with Crippen LogP contribution in [0.15, 0.2) is 30.3 Å². The van der Waals surface area contributed by atoms with Crippen molar-refractivity contribution >= 4 is 11.9 Å². The zero-order valence-corrected chi connectivity index (χ0v) is 19.2. The summed E-state index contributed by atoms with van der Waals surface area (Å²) in [5.41, 5.74) is 1.38. The third-order valence-electron chi connectivity index (χ3n) is 6.66. The van der Waals surface area contributed by atoms with Crippen molar-refractivity contribution in [3.8, 4) is 0 Å². The lowest BCUT2D eigenvalue weighted by Gasteiger charge is -2.27. The highest BCUT2D eigenvalue weighted by Gasteiger charge is 2.30. The number of likely N-dealkylation sites (tertiary alicyclic amines) is 1. The van der Waals surface area contributed by atoms with E-state index >= 15 is 0 Å². The minimum Gasteiger partial charge on any atom is -0.481 e. The maximum atomic E-state index is 12.2. The van der Waals surface area contributed by atoms with Gasteiger partial charge in [-0.2, -0.15) is 0 Å². The summed E-state index contributed by atoms with van der Waals surface area (Å²) in [5, 5.41) is 19.3. The van der Waals surface area contributed by atoms with Crippen LogP contribution in [0, 0.1) is 5.92 Å². The molecule has 31 heavy (non-hydrogen) atoms. The summed E-state index contributed by atoms with van der Waals surface area (Å²) >= 11 is 0. The molecular formula is C26H41NO4. The first-order valence-electron chi connectivity index (χ1n) is 12.2. The number of amides is 1. The van der Waals surface area contributed by atoms with E-state index in [0.717, 1.165) is 70.8 Å². The number of aryl methyl sites for hydroxylation is 1. The number of hydrogen-bond donors (Lipinski definition) is 2. The summed E-state index contributed by atoms with van der Waals surface area (Å²) in [7, 11) is 0. The summed E-state index contributed by atoms with van der Waals surface area (Å²) in [4.78, 5) is 24.8. The smallest absolute Gasteiger partial charge is 0.303 e. The van der Waals surface area contributed by atoms with Crippen molar-refractivity contribution in [2.24, 2.45) is 5.92 Å². The number of aliphatic carboxylic acids is 1. The van der Waals surface area contributed by atoms with Crippen molar-refractivity contribution in [3.63, 3.8) is 0 Å². The van der Waals surface area contributed by atoms with E-state index < -0.39 is 5.97 Å². The third kappa shape index (κ3) is 9.86. The number of rotatable bonds is 16. The molecule has 1 fully saturated rings. The molecule has 0 bridgehead atoms. The Bertz CT molecular complexity index is 648. The molecule has 1 saturated heterocycles. The molecule has 2 rings (SSSR count). The highest BCUT2D eigenvalue weighted by Crippen LogP contribution is 2.26. The molecule has 1 aliphatic rings. The number of hydrogen-bond acceptors (Lipinski definition) is 3. The molecule has 0 aromatic heterocycles. The van der Waals surface area contributed by atoms with Gasteiger partial charge in [0.15, 0.2) is 0 Å². The van der Waals surface area contributed by atoms with Crippen LogP contribution >= 0.6 is 0 Å². The second-order valence-electron chi connectivity index (χ2n) is 9.19. The van der Waals surface area contributed by atoms with Gasteiger partial charge in [0.05, 0.1) is 6.10 Å². The highest BCUT2D eigenvalue weighted by molar-refractivity contribution is 5.78. The Morgan fingerprint density at radius 2 is 1.81 bits per heavy atom. The Morgan fingerprint density at radius 3 is 2.55 bits per heavy atom. The van der Waals surface area contributed by atoms with Crippen LogP contribution in [-0.4, -0.2) is 45.7 Å². The summed E-state index contributed by atoms with van der Waals surface area (Å²) in [6.45, 7) is 2.91. The monoisotopic (exact) mass is 431 g/mol. The molecule has 1 heterocycles. The van der Waals surface area contributed by atoms with E-state index in [9.17, 15) is 14.7 Å². The molecule has 1 aromatic rings. The Balaban J connectivity index is 1.60. The average molecular weight is 432 g/mol. The molecule has 3 atom stereocenters. The molecule has 1 aliphatic heterocycles. The van der Waals surface area contributed by atoms with Crippen LogP contribution in [0.2, 0.25) is 0 Å². The molecule has 2 N–H and O–H groups in total. The number of benzene rings is 1. The van der Waals surface area contributed by atoms with Gasteiger partial charge in [0.1, 0.15) is 0 Å². The van der Waals surface area contributed by atoms with E-state index in [2.05, 4.69) is 31.2 Å². The molecule has 0 saturated carbocycles. The zero-order valence-electron chi connectivity index (χ0n) is 19.2. The van der Waals surface area contributed by atoms with Gasteiger partial charge in [-0.05, 0) is 62.8 Å². The maximum absolute atomic E-state index is 12.2. The summed E-state index contributed by atoms with van der Waals surface area (Å²) < 4.78 is 0. The first kappa shape index (κ1) is 25.4. The zero-order chi connectivity index (χ0) is 22.5. The first-order chi connectivity index (χ1) is 15.0. The number of carboxylic acid groups (broad SMARTS) is 1. The van der Waals surface area contributed by atoms with Crippen LogP contribution in [0.5, 0.6) is 0 Å². The van der Waals surface area contributed by atoms with Crippen molar-refractivity contribution in [1.29, 1.82) is 0 Å². The van der Waals surface area contributed by atoms with Crippen LogP contribution in [-0.2, 0) is 16.0 Å². The molecule has 0 aliphatic carbocycles. The fourth-order valence-corrected chi connectivity index (χ4v) is 4.59. The summed E-state index contributed by atoms with van der Waals surface area (Å²) in [6, 6.07) is 10.8. The summed E-state index contributed by atoms with van der Waals surface area (Å²) in [5.74, 6) is -0.215. The molecule has 0 unspecified atom stereocenters. The van der Waals surface area contributed by atoms with Crippen LogP contribution in [0.1, 0.15) is 89.5 Å². The van der Waals surface area contributed by atoms with Crippen LogP contribution in [0.4, 0.5) is 0 Å². The van der Waals surface area contributed by atoms with Gasteiger partial charge < -0.3 is 15.1 Å². The first-order valence-corrected chi connectivity index (χ1v) is 12.2. The lowest BCUT2D eigenvalue weighted by Crippen LogP contribution is -2.35. The number of carbonyl (C=O) groups is 2. The van der Waals surface area contributed by atoms with Gasteiger partial charge in [0, 0.05) is 25.4 Å². The van der Waals surface area contributed by atoms with Crippen molar-refractivity contribution in [3.05, 3.63) is 35.9 Å². The molecule has 0 spiro atoms. The van der Waals surface area contributed by atoms with Gasteiger partial charge in [-0.1, -0.05) is 56.5 Å². The van der Waals surface area contributed by atoms with E-state index in [1.165, 1.54) is 5.56 Å². The topological polar surface area (TPSA) is 77.8 Å². The van der Waals surface area contributed by atoms with E-state index in [1.807, 2.05) is 11.0 Å². The van der Waals surface area contributed by atoms with E-state index in [-0.39, 0.29) is 30.4 Å². The quantitative estimate of drug-likeness (QED) is 0.353. The lowest BCUT2D eigenvalue weighted by atomic mass is 9.92. The summed E-state index contributed by atoms with van der Waals surface area (Å²) in [6.07, 6.45) is 11.0. The molecular weight excluding hydrogens is 390 g/mol. The molecule has 1 aromatic carbocycles. The SMILES string of the molecule is C[C@@H](CCCCc1ccccc1)[C@H](O)CC[C@H]1CCC(=O)N1CCCCCCC(=O)O. The molecule has 0 radical (unpaired) electrons. The van der Waals surface area contributed by atoms with Gasteiger partial charge in [-0.3, -0.25) is 9.59 Å². The molecule has 5 heteroatoms. The molecule has 5 nitrogen and oxygen atoms in total. The minimum atomic E-state index is -0.737. The lowest BCUT2D eigenvalue weighted by molar-refractivity contribution is -0.137. The molecule has 1 amide bonds.